The zero-order chi connectivity index (χ0) is 23.2. The Kier molecular flexibility index (Phi) is 35.0. The minimum atomic E-state index is 0. The minimum Gasteiger partial charge on any atom is -0.678 e. The Morgan fingerprint density at radius 2 is 0.828 bits per heavy atom. The SMILES string of the molecule is CCC[N-]C([N-]CC)C(C)(C)C.CCC[N-]C([N-]CC)C(C)(C)C.[CH-]=O.[CH-]=O.[Ru+6]. The Balaban J connectivity index is -0.000000109. The van der Waals surface area contributed by atoms with Crippen molar-refractivity contribution in [2.75, 3.05) is 26.2 Å². The minimum absolute atomic E-state index is 0. The summed E-state index contributed by atoms with van der Waals surface area (Å²) in [6.07, 6.45) is 2.60. The maximum Gasteiger partial charge on any atom is 6.00 e. The molecule has 2 unspecified atom stereocenters. The molecule has 0 radical (unpaired) electrons. The molecule has 29 heavy (non-hydrogen) atoms. The first-order valence-electron chi connectivity index (χ1n) is 10.2. The van der Waals surface area contributed by atoms with E-state index in [0.29, 0.717) is 0 Å². The predicted octanol–water partition coefficient (Wildman–Crippen LogP) is 6.52. The van der Waals surface area contributed by atoms with Gasteiger partial charge in [0, 0.05) is 0 Å². The van der Waals surface area contributed by atoms with Gasteiger partial charge in [0.15, 0.2) is 0 Å². The molecule has 0 spiro atoms. The van der Waals surface area contributed by atoms with Gasteiger partial charge in [-0.25, -0.2) is 12.3 Å². The van der Waals surface area contributed by atoms with Crippen molar-refractivity contribution >= 4 is 13.6 Å². The van der Waals surface area contributed by atoms with E-state index in [4.69, 9.17) is 9.59 Å². The molecule has 0 aromatic carbocycles. The van der Waals surface area contributed by atoms with Crippen molar-refractivity contribution in [2.45, 2.75) is 94.4 Å². The molecule has 6 nitrogen and oxygen atoms in total. The van der Waals surface area contributed by atoms with Gasteiger partial charge in [-0.05, 0) is 0 Å². The van der Waals surface area contributed by atoms with Crippen LogP contribution >= 0.6 is 0 Å². The van der Waals surface area contributed by atoms with Crippen molar-refractivity contribution < 1.29 is 29.1 Å². The summed E-state index contributed by atoms with van der Waals surface area (Å²) in [6, 6.07) is 0. The van der Waals surface area contributed by atoms with E-state index >= 15 is 0 Å². The Morgan fingerprint density at radius 1 is 0.586 bits per heavy atom. The number of carbonyl (C=O) groups excluding carboxylic acids is 2. The summed E-state index contributed by atoms with van der Waals surface area (Å²) in [7, 11) is 0. The Labute approximate surface area is 195 Å². The average molecular weight is 500 g/mol. The van der Waals surface area contributed by atoms with Gasteiger partial charge in [-0.3, -0.25) is 13.6 Å². The average Bonchev–Trinajstić information content (AvgIpc) is 2.64. The van der Waals surface area contributed by atoms with Crippen molar-refractivity contribution in [1.82, 2.24) is 0 Å². The fourth-order valence-corrected chi connectivity index (χ4v) is 2.06. The van der Waals surface area contributed by atoms with Gasteiger partial charge in [-0.15, -0.1) is 0 Å². The molecule has 174 valence electrons. The normalized spacial score (nSPS) is 12.5. The molecule has 0 amide bonds. The molecule has 0 saturated carbocycles. The Morgan fingerprint density at radius 3 is 0.966 bits per heavy atom. The topological polar surface area (TPSA) is 90.5 Å². The van der Waals surface area contributed by atoms with Gasteiger partial charge in [-0.2, -0.15) is 26.2 Å². The van der Waals surface area contributed by atoms with Crippen LogP contribution in [-0.2, 0) is 29.1 Å². The van der Waals surface area contributed by atoms with E-state index in [-0.39, 0.29) is 42.6 Å². The van der Waals surface area contributed by atoms with Crippen LogP contribution in [0.5, 0.6) is 0 Å². The van der Waals surface area contributed by atoms with Crippen molar-refractivity contribution in [3.8, 4) is 0 Å². The van der Waals surface area contributed by atoms with Gasteiger partial charge in [0.05, 0.1) is 0 Å². The fourth-order valence-electron chi connectivity index (χ4n) is 2.06. The third-order valence-corrected chi connectivity index (χ3v) is 3.31. The zero-order valence-electron chi connectivity index (χ0n) is 20.5. The van der Waals surface area contributed by atoms with E-state index in [1.165, 1.54) is 0 Å². The largest absolute Gasteiger partial charge is 6.00 e. The first kappa shape index (κ1) is 39.3. The molecule has 2 atom stereocenters. The van der Waals surface area contributed by atoms with Gasteiger partial charge in [0.25, 0.3) is 0 Å². The molecule has 0 heterocycles. The first-order chi connectivity index (χ1) is 13.0. The van der Waals surface area contributed by atoms with Crippen LogP contribution in [0.2, 0.25) is 0 Å². The van der Waals surface area contributed by atoms with Gasteiger partial charge in [0.1, 0.15) is 0 Å². The molecule has 0 rings (SSSR count). The molecule has 0 aliphatic rings. The summed E-state index contributed by atoms with van der Waals surface area (Å²) in [6.45, 7) is 31.7. The first-order valence-corrected chi connectivity index (χ1v) is 10.2. The van der Waals surface area contributed by atoms with Crippen molar-refractivity contribution in [3.63, 3.8) is 0 Å². The number of nitrogens with zero attached hydrogens (tertiary/aromatic N) is 4. The summed E-state index contributed by atoms with van der Waals surface area (Å²) < 4.78 is 0. The standard InChI is InChI=1S/2C10H22N2.2CHO.Ru/c2*1-6-8-12-9(11-7-2)10(3,4)5;2*1-2;/h2*9H,6-8H2,1-5H3;2*1H;/q2*-2;2*-1;+6. The number of rotatable bonds is 10. The maximum atomic E-state index is 7.75. The van der Waals surface area contributed by atoms with Gasteiger partial charge in [0.2, 0.25) is 0 Å². The summed E-state index contributed by atoms with van der Waals surface area (Å²) >= 11 is 0. The maximum absolute atomic E-state index is 7.75. The van der Waals surface area contributed by atoms with E-state index in [2.05, 4.69) is 104 Å². The van der Waals surface area contributed by atoms with Crippen LogP contribution in [0.25, 0.3) is 21.3 Å². The molecular formula is C22H46N4O2Ru. The molecule has 0 aromatic rings. The molecule has 0 aromatic heterocycles. The fraction of sp³-hybridized carbons (Fsp3) is 0.909. The number of hydrogen-bond acceptors (Lipinski definition) is 2. The van der Waals surface area contributed by atoms with Crippen molar-refractivity contribution in [3.05, 3.63) is 21.3 Å². The summed E-state index contributed by atoms with van der Waals surface area (Å²) in [5.74, 6) is 0. The van der Waals surface area contributed by atoms with E-state index < -0.39 is 0 Å². The second-order valence-corrected chi connectivity index (χ2v) is 8.29. The van der Waals surface area contributed by atoms with Crippen molar-refractivity contribution in [1.29, 1.82) is 0 Å². The molecule has 0 bridgehead atoms. The Bertz CT molecular complexity index is 278. The van der Waals surface area contributed by atoms with Gasteiger partial charge in [-0.1, -0.05) is 92.9 Å². The predicted molar refractivity (Wildman–Crippen MR) is 125 cm³/mol. The van der Waals surface area contributed by atoms with E-state index in [1.807, 2.05) is 0 Å². The molecule has 0 saturated heterocycles. The molecule has 0 N–H and O–H groups in total. The summed E-state index contributed by atoms with van der Waals surface area (Å²) in [4.78, 5) is 15.5. The second-order valence-electron chi connectivity index (χ2n) is 8.29. The van der Waals surface area contributed by atoms with Gasteiger partial charge >= 0.3 is 19.5 Å². The van der Waals surface area contributed by atoms with Crippen LogP contribution in [0.15, 0.2) is 0 Å². The van der Waals surface area contributed by atoms with Gasteiger partial charge < -0.3 is 30.9 Å². The Hall–Kier alpha value is -0.197. The molecule has 0 fully saturated rings. The summed E-state index contributed by atoms with van der Waals surface area (Å²) in [5, 5.41) is 18.0. The molecular weight excluding hydrogens is 453 g/mol. The summed E-state index contributed by atoms with van der Waals surface area (Å²) in [5.41, 5.74) is 0.371. The number of hydrogen-bond donors (Lipinski definition) is 0. The van der Waals surface area contributed by atoms with E-state index in [9.17, 15) is 0 Å². The van der Waals surface area contributed by atoms with Crippen LogP contribution in [0.1, 0.15) is 82.1 Å². The third kappa shape index (κ3) is 27.8. The monoisotopic (exact) mass is 500 g/mol. The smallest absolute Gasteiger partial charge is 0.678 e. The zero-order valence-corrected chi connectivity index (χ0v) is 22.2. The van der Waals surface area contributed by atoms with Crippen LogP contribution in [-0.4, -0.2) is 52.1 Å². The van der Waals surface area contributed by atoms with Crippen LogP contribution in [0.4, 0.5) is 0 Å². The van der Waals surface area contributed by atoms with Crippen LogP contribution in [0.3, 0.4) is 0 Å². The second kappa shape index (κ2) is 25.8. The van der Waals surface area contributed by atoms with Crippen LogP contribution < -0.4 is 0 Å². The van der Waals surface area contributed by atoms with Crippen molar-refractivity contribution in [2.24, 2.45) is 10.8 Å². The third-order valence-electron chi connectivity index (χ3n) is 3.31. The van der Waals surface area contributed by atoms with Crippen LogP contribution in [0, 0.1) is 10.8 Å². The quantitative estimate of drug-likeness (QED) is 0.194. The van der Waals surface area contributed by atoms with E-state index in [1.54, 1.807) is 0 Å². The molecule has 0 aliphatic carbocycles. The van der Waals surface area contributed by atoms with E-state index in [0.717, 1.165) is 39.0 Å². The molecule has 0 aliphatic heterocycles. The molecule has 7 heteroatoms.